The molecule has 0 aliphatic carbocycles. The first-order valence-corrected chi connectivity index (χ1v) is 9.63. The Kier molecular flexibility index (Phi) is 4.68. The summed E-state index contributed by atoms with van der Waals surface area (Å²) in [6, 6.07) is 21.8. The lowest BCUT2D eigenvalue weighted by Gasteiger charge is -2.36. The summed E-state index contributed by atoms with van der Waals surface area (Å²) in [4.78, 5) is 11.3. The first-order chi connectivity index (χ1) is 13.4. The quantitative estimate of drug-likeness (QED) is 0.640. The van der Waals surface area contributed by atoms with Crippen LogP contribution in [0.4, 0.5) is 0 Å². The summed E-state index contributed by atoms with van der Waals surface area (Å²) < 4.78 is 6.49. The SMILES string of the molecule is Cc1cccc(CC2(C)CCc3ccc(-c4cccc(C(=O)O)c4)cc3O2)c1. The molecule has 3 aromatic rings. The second-order valence-corrected chi connectivity index (χ2v) is 7.93. The van der Waals surface area contributed by atoms with Crippen molar-refractivity contribution < 1.29 is 14.6 Å². The van der Waals surface area contributed by atoms with E-state index in [2.05, 4.69) is 44.2 Å². The van der Waals surface area contributed by atoms with Crippen LogP contribution >= 0.6 is 0 Å². The maximum Gasteiger partial charge on any atom is 0.335 e. The van der Waals surface area contributed by atoms with Gasteiger partial charge in [0, 0.05) is 6.42 Å². The Morgan fingerprint density at radius 1 is 1.04 bits per heavy atom. The Bertz CT molecular complexity index is 1040. The molecule has 3 nitrogen and oxygen atoms in total. The zero-order valence-corrected chi connectivity index (χ0v) is 16.2. The summed E-state index contributed by atoms with van der Waals surface area (Å²) in [7, 11) is 0. The van der Waals surface area contributed by atoms with Gasteiger partial charge in [0.05, 0.1) is 5.56 Å². The van der Waals surface area contributed by atoms with Gasteiger partial charge < -0.3 is 9.84 Å². The molecule has 0 aromatic heterocycles. The van der Waals surface area contributed by atoms with Gasteiger partial charge in [-0.3, -0.25) is 0 Å². The highest BCUT2D eigenvalue weighted by Gasteiger charge is 2.32. The number of aromatic carboxylic acids is 1. The molecular formula is C25H24O3. The molecule has 3 aromatic carbocycles. The lowest BCUT2D eigenvalue weighted by molar-refractivity contribution is 0.0654. The first kappa shape index (κ1) is 18.3. The molecule has 0 saturated carbocycles. The molecule has 1 heterocycles. The summed E-state index contributed by atoms with van der Waals surface area (Å²) in [5, 5.41) is 9.25. The average Bonchev–Trinajstić information content (AvgIpc) is 2.67. The van der Waals surface area contributed by atoms with Crippen molar-refractivity contribution >= 4 is 5.97 Å². The lowest BCUT2D eigenvalue weighted by atomic mass is 9.86. The minimum Gasteiger partial charge on any atom is -0.487 e. The van der Waals surface area contributed by atoms with Gasteiger partial charge in [0.2, 0.25) is 0 Å². The van der Waals surface area contributed by atoms with Gasteiger partial charge in [0.1, 0.15) is 11.4 Å². The summed E-state index contributed by atoms with van der Waals surface area (Å²) in [5.74, 6) is -0.0126. The van der Waals surface area contributed by atoms with Crippen molar-refractivity contribution in [1.82, 2.24) is 0 Å². The Labute approximate surface area is 165 Å². The maximum atomic E-state index is 11.3. The number of rotatable bonds is 4. The molecule has 1 N–H and O–H groups in total. The zero-order chi connectivity index (χ0) is 19.7. The molecule has 1 unspecified atom stereocenters. The Hall–Kier alpha value is -3.07. The summed E-state index contributed by atoms with van der Waals surface area (Å²) in [6.45, 7) is 4.29. The second kappa shape index (κ2) is 7.16. The summed E-state index contributed by atoms with van der Waals surface area (Å²) in [6.07, 6.45) is 2.82. The number of ether oxygens (including phenoxy) is 1. The Balaban J connectivity index is 1.62. The van der Waals surface area contributed by atoms with E-state index in [1.165, 1.54) is 16.7 Å². The fraction of sp³-hybridized carbons (Fsp3) is 0.240. The van der Waals surface area contributed by atoms with Gasteiger partial charge in [-0.2, -0.15) is 0 Å². The highest BCUT2D eigenvalue weighted by atomic mass is 16.5. The van der Waals surface area contributed by atoms with Gasteiger partial charge in [-0.25, -0.2) is 4.79 Å². The molecule has 28 heavy (non-hydrogen) atoms. The highest BCUT2D eigenvalue weighted by molar-refractivity contribution is 5.89. The number of hydrogen-bond acceptors (Lipinski definition) is 2. The number of carboxylic acids is 1. The van der Waals surface area contributed by atoms with Crippen molar-refractivity contribution in [1.29, 1.82) is 0 Å². The van der Waals surface area contributed by atoms with Crippen LogP contribution in [0.5, 0.6) is 5.75 Å². The van der Waals surface area contributed by atoms with E-state index >= 15 is 0 Å². The molecule has 0 amide bonds. The van der Waals surface area contributed by atoms with Gasteiger partial charge in [0.25, 0.3) is 0 Å². The van der Waals surface area contributed by atoms with Crippen LogP contribution in [0.1, 0.15) is 40.4 Å². The molecule has 0 saturated heterocycles. The van der Waals surface area contributed by atoms with Gasteiger partial charge in [-0.05, 0) is 67.1 Å². The third-order valence-electron chi connectivity index (χ3n) is 5.45. The predicted molar refractivity (Wildman–Crippen MR) is 111 cm³/mol. The van der Waals surface area contributed by atoms with E-state index in [0.717, 1.165) is 36.1 Å². The largest absolute Gasteiger partial charge is 0.487 e. The molecule has 1 aliphatic heterocycles. The van der Waals surface area contributed by atoms with Crippen LogP contribution < -0.4 is 4.74 Å². The first-order valence-electron chi connectivity index (χ1n) is 9.63. The molecule has 142 valence electrons. The van der Waals surface area contributed by atoms with Gasteiger partial charge in [-0.1, -0.05) is 54.1 Å². The van der Waals surface area contributed by atoms with Gasteiger partial charge in [0.15, 0.2) is 0 Å². The monoisotopic (exact) mass is 372 g/mol. The minimum atomic E-state index is -0.915. The van der Waals surface area contributed by atoms with Crippen LogP contribution in [0, 0.1) is 6.92 Å². The third-order valence-corrected chi connectivity index (χ3v) is 5.45. The van der Waals surface area contributed by atoms with Gasteiger partial charge in [-0.15, -0.1) is 0 Å². The van der Waals surface area contributed by atoms with Crippen LogP contribution in [0.3, 0.4) is 0 Å². The van der Waals surface area contributed by atoms with Crippen LogP contribution in [0.2, 0.25) is 0 Å². The van der Waals surface area contributed by atoms with Crippen molar-refractivity contribution in [3.63, 3.8) is 0 Å². The third kappa shape index (κ3) is 3.79. The smallest absolute Gasteiger partial charge is 0.335 e. The lowest BCUT2D eigenvalue weighted by Crippen LogP contribution is -2.38. The van der Waals surface area contributed by atoms with Gasteiger partial charge >= 0.3 is 5.97 Å². The number of carboxylic acid groups (broad SMARTS) is 1. The van der Waals surface area contributed by atoms with Crippen LogP contribution in [-0.4, -0.2) is 16.7 Å². The molecule has 0 spiro atoms. The van der Waals surface area contributed by atoms with Crippen LogP contribution in [-0.2, 0) is 12.8 Å². The van der Waals surface area contributed by atoms with Crippen molar-refractivity contribution in [2.75, 3.05) is 0 Å². The fourth-order valence-corrected chi connectivity index (χ4v) is 3.96. The number of benzene rings is 3. The molecule has 0 radical (unpaired) electrons. The number of aryl methyl sites for hydroxylation is 2. The van der Waals surface area contributed by atoms with E-state index in [4.69, 9.17) is 4.74 Å². The van der Waals surface area contributed by atoms with Crippen molar-refractivity contribution in [3.8, 4) is 16.9 Å². The topological polar surface area (TPSA) is 46.5 Å². The zero-order valence-electron chi connectivity index (χ0n) is 16.2. The molecule has 0 bridgehead atoms. The normalized spacial score (nSPS) is 18.2. The number of carbonyl (C=O) groups is 1. The highest BCUT2D eigenvalue weighted by Crippen LogP contribution is 2.38. The summed E-state index contributed by atoms with van der Waals surface area (Å²) in [5.41, 5.74) is 5.66. The number of hydrogen-bond donors (Lipinski definition) is 1. The second-order valence-electron chi connectivity index (χ2n) is 7.93. The van der Waals surface area contributed by atoms with Crippen molar-refractivity contribution in [2.45, 2.75) is 38.7 Å². The van der Waals surface area contributed by atoms with E-state index < -0.39 is 5.97 Å². The molecule has 1 atom stereocenters. The van der Waals surface area contributed by atoms with Crippen molar-refractivity contribution in [2.24, 2.45) is 0 Å². The minimum absolute atomic E-state index is 0.248. The summed E-state index contributed by atoms with van der Waals surface area (Å²) >= 11 is 0. The maximum absolute atomic E-state index is 11.3. The van der Waals surface area contributed by atoms with E-state index in [1.807, 2.05) is 18.2 Å². The average molecular weight is 372 g/mol. The molecule has 1 aliphatic rings. The predicted octanol–water partition coefficient (Wildman–Crippen LogP) is 5.69. The van der Waals surface area contributed by atoms with E-state index in [0.29, 0.717) is 5.56 Å². The molecule has 0 fully saturated rings. The Morgan fingerprint density at radius 3 is 2.61 bits per heavy atom. The van der Waals surface area contributed by atoms with Crippen molar-refractivity contribution in [3.05, 3.63) is 89.0 Å². The molecular weight excluding hydrogens is 348 g/mol. The fourth-order valence-electron chi connectivity index (χ4n) is 3.96. The van der Waals surface area contributed by atoms with E-state index in [9.17, 15) is 9.90 Å². The Morgan fingerprint density at radius 2 is 1.82 bits per heavy atom. The van der Waals surface area contributed by atoms with Crippen LogP contribution in [0.15, 0.2) is 66.7 Å². The molecule has 3 heteroatoms. The van der Waals surface area contributed by atoms with E-state index in [1.54, 1.807) is 18.2 Å². The molecule has 4 rings (SSSR count). The van der Waals surface area contributed by atoms with Crippen LogP contribution in [0.25, 0.3) is 11.1 Å². The standard InChI is InChI=1S/C25H24O3/c1-17-5-3-6-18(13-17)16-25(2)12-11-19-9-10-21(15-23(19)28-25)20-7-4-8-22(14-20)24(26)27/h3-10,13-15H,11-12,16H2,1-2H3,(H,26,27). The van der Waals surface area contributed by atoms with E-state index in [-0.39, 0.29) is 5.60 Å². The number of fused-ring (bicyclic) bond motifs is 1.